The lowest BCUT2D eigenvalue weighted by Crippen LogP contribution is -2.65. The lowest BCUT2D eigenvalue weighted by atomic mass is 9.96. The summed E-state index contributed by atoms with van der Waals surface area (Å²) >= 11 is 0. The summed E-state index contributed by atoms with van der Waals surface area (Å²) in [6.45, 7) is 1.87. The molecule has 2 aromatic rings. The molecule has 1 saturated heterocycles. The number of aldehydes is 1. The van der Waals surface area contributed by atoms with Gasteiger partial charge in [0, 0.05) is 49.4 Å². The van der Waals surface area contributed by atoms with E-state index in [2.05, 4.69) is 22.6 Å². The fourth-order valence-electron chi connectivity index (χ4n) is 3.56. The lowest BCUT2D eigenvalue weighted by molar-refractivity contribution is -0.204. The second-order valence-electron chi connectivity index (χ2n) is 8.43. The summed E-state index contributed by atoms with van der Waals surface area (Å²) < 4.78 is 5.43. The molecule has 1 unspecified atom stereocenters. The number of nitrogens with zero attached hydrogens (tertiary/aromatic N) is 1. The Balaban J connectivity index is 1.72. The average molecular weight is 492 g/mol. The van der Waals surface area contributed by atoms with Gasteiger partial charge in [-0.25, -0.2) is 10.3 Å². The lowest BCUT2D eigenvalue weighted by Gasteiger charge is -2.36. The summed E-state index contributed by atoms with van der Waals surface area (Å²) in [5.74, 6) is 3.99. The van der Waals surface area contributed by atoms with Gasteiger partial charge in [0.1, 0.15) is 6.29 Å². The van der Waals surface area contributed by atoms with Gasteiger partial charge >= 0.3 is 0 Å². The van der Waals surface area contributed by atoms with Gasteiger partial charge in [0.2, 0.25) is 0 Å². The summed E-state index contributed by atoms with van der Waals surface area (Å²) in [5.41, 5.74) is 2.66. The highest BCUT2D eigenvalue weighted by atomic mass is 16.8. The van der Waals surface area contributed by atoms with E-state index in [1.165, 1.54) is 21.0 Å². The maximum Gasteiger partial charge on any atom is 0.279 e. The fraction of sp³-hybridized carbons (Fsp3) is 0.333. The molecule has 2 N–H and O–H groups in total. The van der Waals surface area contributed by atoms with E-state index in [1.54, 1.807) is 48.5 Å². The Morgan fingerprint density at radius 1 is 1.03 bits per heavy atom. The van der Waals surface area contributed by atoms with Crippen LogP contribution in [0.1, 0.15) is 58.0 Å². The zero-order valence-corrected chi connectivity index (χ0v) is 20.5. The summed E-state index contributed by atoms with van der Waals surface area (Å²) in [5, 5.41) is 2.44. The van der Waals surface area contributed by atoms with Crippen LogP contribution in [0.5, 0.6) is 0 Å². The first-order chi connectivity index (χ1) is 17.3. The molecule has 0 bridgehead atoms. The maximum atomic E-state index is 13.2. The number of benzene rings is 2. The van der Waals surface area contributed by atoms with Crippen molar-refractivity contribution in [2.45, 2.75) is 38.0 Å². The largest absolute Gasteiger partial charge is 0.357 e. The van der Waals surface area contributed by atoms with E-state index in [1.807, 2.05) is 0 Å². The number of hydrogen-bond donors (Lipinski definition) is 2. The molecule has 36 heavy (non-hydrogen) atoms. The summed E-state index contributed by atoms with van der Waals surface area (Å²) in [7, 11) is 2.77. The third-order valence-electron chi connectivity index (χ3n) is 6.04. The smallest absolute Gasteiger partial charge is 0.279 e. The number of rotatable bonds is 7. The van der Waals surface area contributed by atoms with Crippen molar-refractivity contribution in [2.75, 3.05) is 20.7 Å². The Kier molecular flexibility index (Phi) is 8.95. The Labute approximate surface area is 210 Å². The molecule has 1 aliphatic heterocycles. The first-order valence-electron chi connectivity index (χ1n) is 11.5. The molecule has 1 heterocycles. The maximum absolute atomic E-state index is 13.2. The molecule has 1 fully saturated rings. The number of amides is 3. The van der Waals surface area contributed by atoms with Gasteiger partial charge in [0.15, 0.2) is 11.8 Å². The van der Waals surface area contributed by atoms with Gasteiger partial charge in [0.05, 0.1) is 0 Å². The van der Waals surface area contributed by atoms with Crippen LogP contribution in [0.3, 0.4) is 0 Å². The molecule has 0 radical (unpaired) electrons. The number of likely N-dealkylation sites (N-methyl/N-ethyl adjacent to an activating group) is 2. The van der Waals surface area contributed by atoms with Crippen molar-refractivity contribution < 1.29 is 28.8 Å². The molecular formula is C27H29N3O6. The second kappa shape index (κ2) is 12.1. The molecule has 9 heteroatoms. The highest BCUT2D eigenvalue weighted by Crippen LogP contribution is 2.19. The Morgan fingerprint density at radius 2 is 1.64 bits per heavy atom. The molecule has 188 valence electrons. The monoisotopic (exact) mass is 491 g/mol. The van der Waals surface area contributed by atoms with Crippen LogP contribution in [0.4, 0.5) is 0 Å². The van der Waals surface area contributed by atoms with Gasteiger partial charge in [-0.1, -0.05) is 24.0 Å². The van der Waals surface area contributed by atoms with Gasteiger partial charge in [-0.3, -0.25) is 19.2 Å². The predicted octanol–water partition coefficient (Wildman–Crippen LogP) is 2.05. The van der Waals surface area contributed by atoms with Crippen LogP contribution >= 0.6 is 0 Å². The van der Waals surface area contributed by atoms with Crippen molar-refractivity contribution in [2.24, 2.45) is 0 Å². The van der Waals surface area contributed by atoms with E-state index in [-0.39, 0.29) is 5.56 Å². The number of carbonyl (C=O) groups excluding carboxylic acids is 4. The van der Waals surface area contributed by atoms with Crippen LogP contribution in [-0.2, 0) is 19.2 Å². The quantitative estimate of drug-likeness (QED) is 0.265. The zero-order chi connectivity index (χ0) is 26.1. The van der Waals surface area contributed by atoms with E-state index in [4.69, 9.17) is 9.57 Å². The second-order valence-corrected chi connectivity index (χ2v) is 8.43. The molecule has 3 rings (SSSR count). The summed E-state index contributed by atoms with van der Waals surface area (Å²) in [6, 6.07) is 13.4. The third-order valence-corrected chi connectivity index (χ3v) is 6.04. The number of hydrogen-bond acceptors (Lipinski definition) is 6. The molecule has 0 aromatic heterocycles. The predicted molar refractivity (Wildman–Crippen MR) is 132 cm³/mol. The van der Waals surface area contributed by atoms with Crippen LogP contribution < -0.4 is 10.8 Å². The molecule has 2 atom stereocenters. The van der Waals surface area contributed by atoms with Gasteiger partial charge in [-0.15, -0.1) is 0 Å². The normalized spacial score (nSPS) is 16.5. The minimum absolute atomic E-state index is 0.276. The summed E-state index contributed by atoms with van der Waals surface area (Å²) in [6.07, 6.45) is 2.60. The van der Waals surface area contributed by atoms with Crippen LogP contribution in [0.25, 0.3) is 0 Å². The van der Waals surface area contributed by atoms with Gasteiger partial charge < -0.3 is 15.0 Å². The summed E-state index contributed by atoms with van der Waals surface area (Å²) in [4.78, 5) is 56.1. The van der Waals surface area contributed by atoms with Crippen LogP contribution in [0, 0.1) is 11.8 Å². The number of ether oxygens (including phenoxy) is 1. The molecule has 0 spiro atoms. The molecular weight excluding hydrogens is 462 g/mol. The molecule has 9 nitrogen and oxygen atoms in total. The highest BCUT2D eigenvalue weighted by Gasteiger charge is 2.47. The van der Waals surface area contributed by atoms with Crippen molar-refractivity contribution in [1.82, 2.24) is 15.7 Å². The van der Waals surface area contributed by atoms with Gasteiger partial charge in [0.25, 0.3) is 17.7 Å². The minimum atomic E-state index is -1.88. The van der Waals surface area contributed by atoms with Crippen LogP contribution in [0.2, 0.25) is 0 Å². The highest BCUT2D eigenvalue weighted by molar-refractivity contribution is 6.12. The molecule has 3 amide bonds. The molecule has 0 saturated carbocycles. The topological polar surface area (TPSA) is 114 Å². The van der Waals surface area contributed by atoms with E-state index >= 15 is 0 Å². The first kappa shape index (κ1) is 26.6. The Hall–Kier alpha value is -4.00. The zero-order valence-electron chi connectivity index (χ0n) is 20.5. The van der Waals surface area contributed by atoms with E-state index < -0.39 is 29.6 Å². The Morgan fingerprint density at radius 3 is 2.17 bits per heavy atom. The van der Waals surface area contributed by atoms with Crippen molar-refractivity contribution >= 4 is 24.0 Å². The third kappa shape index (κ3) is 6.16. The molecule has 2 aromatic carbocycles. The fourth-order valence-corrected chi connectivity index (χ4v) is 3.56. The average Bonchev–Trinajstić information content (AvgIpc) is 2.94. The molecule has 0 aliphatic carbocycles. The van der Waals surface area contributed by atoms with Crippen LogP contribution in [0.15, 0.2) is 48.5 Å². The Bertz CT molecular complexity index is 1160. The molecule has 1 aliphatic rings. The van der Waals surface area contributed by atoms with E-state index in [0.717, 1.165) is 29.6 Å². The van der Waals surface area contributed by atoms with Crippen molar-refractivity contribution in [3.8, 4) is 11.8 Å². The van der Waals surface area contributed by atoms with Crippen molar-refractivity contribution in [3.63, 3.8) is 0 Å². The minimum Gasteiger partial charge on any atom is -0.357 e. The standard InChI is InChI=1S/C27H29N3O6/c1-27(25(33)28-2,26(34)29-36-23-6-4-5-17-35-23)30(3)24(32)22-15-13-20(14-16-22)8-7-19-9-11-21(18-31)12-10-19/h9-16,18,23H,4-6,17H2,1-3H3,(H,28,33)(H,29,34)/t23?,27-/m0/s1. The van der Waals surface area contributed by atoms with Gasteiger partial charge in [-0.05, 0) is 56.2 Å². The SMILES string of the molecule is CNC(=O)[C@@](C)(C(=O)NOC1CCCCO1)N(C)C(=O)c1ccc(C#Cc2ccc(C=O)cc2)cc1. The van der Waals surface area contributed by atoms with E-state index in [0.29, 0.717) is 24.2 Å². The van der Waals surface area contributed by atoms with E-state index in [9.17, 15) is 19.2 Å². The van der Waals surface area contributed by atoms with Gasteiger partial charge in [-0.2, -0.15) is 0 Å². The van der Waals surface area contributed by atoms with Crippen molar-refractivity contribution in [1.29, 1.82) is 0 Å². The number of carbonyl (C=O) groups is 4. The van der Waals surface area contributed by atoms with Crippen LogP contribution in [-0.4, -0.2) is 61.4 Å². The number of nitrogens with one attached hydrogen (secondary N) is 2. The first-order valence-corrected chi connectivity index (χ1v) is 11.5. The van der Waals surface area contributed by atoms with Crippen molar-refractivity contribution in [3.05, 3.63) is 70.8 Å². The number of hydroxylamine groups is 1.